The molecule has 5 heteroatoms. The molecule has 0 aliphatic rings. The predicted molar refractivity (Wildman–Crippen MR) is 244 cm³/mol. The van der Waals surface area contributed by atoms with E-state index in [9.17, 15) is 0 Å². The Hall–Kier alpha value is -8.02. The third-order valence-corrected chi connectivity index (χ3v) is 12.1. The standard InChI is InChI=1S/C54H32N4O/c1-2-15-35(16-3-1)51-41-21-6-10-22-44(41)55-54(56-51)58-47-31-28-33-14-4-5-17-37(33)49(47)50-52(58)42(32-43-40-20-9-13-25-48(40)59-53(43)50)34-26-29-36(30-27-34)57-45-23-11-7-18-38(45)39-19-8-12-24-46(39)57/h1-32H. The summed E-state index contributed by atoms with van der Waals surface area (Å²) >= 11 is 0. The van der Waals surface area contributed by atoms with E-state index in [-0.39, 0.29) is 0 Å². The number of benzene rings is 9. The van der Waals surface area contributed by atoms with Crippen LogP contribution >= 0.6 is 0 Å². The molecule has 0 unspecified atom stereocenters. The Balaban J connectivity index is 1.17. The Labute approximate surface area is 337 Å². The van der Waals surface area contributed by atoms with Gasteiger partial charge in [0.15, 0.2) is 0 Å². The van der Waals surface area contributed by atoms with Gasteiger partial charge in [0.25, 0.3) is 0 Å². The van der Waals surface area contributed by atoms with Crippen molar-refractivity contribution < 1.29 is 4.42 Å². The zero-order valence-electron chi connectivity index (χ0n) is 31.7. The Bertz CT molecular complexity index is 3780. The molecule has 0 aliphatic carbocycles. The summed E-state index contributed by atoms with van der Waals surface area (Å²) in [5.74, 6) is 0.608. The molecule has 0 radical (unpaired) electrons. The molecular formula is C54H32N4O. The summed E-state index contributed by atoms with van der Waals surface area (Å²) in [4.78, 5) is 10.8. The summed E-state index contributed by atoms with van der Waals surface area (Å²) in [6.07, 6.45) is 0. The fourth-order valence-electron chi connectivity index (χ4n) is 9.54. The molecule has 0 spiro atoms. The van der Waals surface area contributed by atoms with Crippen LogP contribution in [0.3, 0.4) is 0 Å². The average Bonchev–Trinajstić information content (AvgIpc) is 3.97. The first-order chi connectivity index (χ1) is 29.3. The molecular weight excluding hydrogens is 721 g/mol. The largest absolute Gasteiger partial charge is 0.455 e. The minimum absolute atomic E-state index is 0.608. The summed E-state index contributed by atoms with van der Waals surface area (Å²) in [5, 5.41) is 10.1. The highest BCUT2D eigenvalue weighted by Gasteiger charge is 2.26. The molecule has 13 aromatic rings. The maximum atomic E-state index is 6.92. The third kappa shape index (κ3) is 4.61. The van der Waals surface area contributed by atoms with Crippen LogP contribution in [0.1, 0.15) is 0 Å². The normalized spacial score (nSPS) is 12.1. The van der Waals surface area contributed by atoms with Gasteiger partial charge < -0.3 is 8.98 Å². The number of nitrogens with zero attached hydrogens (tertiary/aromatic N) is 4. The van der Waals surface area contributed by atoms with E-state index < -0.39 is 0 Å². The van der Waals surface area contributed by atoms with Gasteiger partial charge in [-0.15, -0.1) is 0 Å². The monoisotopic (exact) mass is 752 g/mol. The maximum absolute atomic E-state index is 6.92. The first-order valence-corrected chi connectivity index (χ1v) is 20.0. The first-order valence-electron chi connectivity index (χ1n) is 20.0. The molecule has 5 nitrogen and oxygen atoms in total. The Morgan fingerprint density at radius 1 is 0.407 bits per heavy atom. The summed E-state index contributed by atoms with van der Waals surface area (Å²) < 4.78 is 11.6. The number of aromatic nitrogens is 4. The minimum atomic E-state index is 0.608. The fourth-order valence-corrected chi connectivity index (χ4v) is 9.54. The highest BCUT2D eigenvalue weighted by molar-refractivity contribution is 6.32. The third-order valence-electron chi connectivity index (χ3n) is 12.1. The molecule has 0 amide bonds. The Kier molecular flexibility index (Phi) is 6.66. The lowest BCUT2D eigenvalue weighted by Crippen LogP contribution is -2.04. The molecule has 4 heterocycles. The quantitative estimate of drug-likeness (QED) is 0.180. The number of furan rings is 1. The van der Waals surface area contributed by atoms with Gasteiger partial charge in [-0.3, -0.25) is 4.57 Å². The van der Waals surface area contributed by atoms with Crippen molar-refractivity contribution in [2.75, 3.05) is 0 Å². The van der Waals surface area contributed by atoms with Gasteiger partial charge in [-0.2, -0.15) is 0 Å². The molecule has 13 rings (SSSR count). The summed E-state index contributed by atoms with van der Waals surface area (Å²) in [5.41, 5.74) is 12.2. The van der Waals surface area contributed by atoms with Crippen molar-refractivity contribution in [1.29, 1.82) is 0 Å². The minimum Gasteiger partial charge on any atom is -0.455 e. The highest BCUT2D eigenvalue weighted by Crippen LogP contribution is 2.47. The van der Waals surface area contributed by atoms with Gasteiger partial charge in [0.1, 0.15) is 11.2 Å². The average molecular weight is 753 g/mol. The van der Waals surface area contributed by atoms with Gasteiger partial charge in [-0.05, 0) is 64.9 Å². The van der Waals surface area contributed by atoms with Crippen molar-refractivity contribution in [3.63, 3.8) is 0 Å². The molecule has 59 heavy (non-hydrogen) atoms. The van der Waals surface area contributed by atoms with Gasteiger partial charge in [-0.25, -0.2) is 9.97 Å². The van der Waals surface area contributed by atoms with E-state index in [1.54, 1.807) is 0 Å². The predicted octanol–water partition coefficient (Wildman–Crippen LogP) is 14.2. The SMILES string of the molecule is c1ccc(-c2nc(-n3c4ccc5ccccc5c4c4c5oc6ccccc6c5cc(-c5ccc(-n6c7ccccc7c7ccccc76)cc5)c43)nc3ccccc23)cc1. The second-order valence-corrected chi connectivity index (χ2v) is 15.3. The summed E-state index contributed by atoms with van der Waals surface area (Å²) in [6.45, 7) is 0. The topological polar surface area (TPSA) is 48.8 Å². The van der Waals surface area contributed by atoms with E-state index in [2.05, 4.69) is 191 Å². The van der Waals surface area contributed by atoms with E-state index in [0.717, 1.165) is 93.5 Å². The Morgan fingerprint density at radius 3 is 1.83 bits per heavy atom. The van der Waals surface area contributed by atoms with Crippen LogP contribution in [-0.2, 0) is 0 Å². The summed E-state index contributed by atoms with van der Waals surface area (Å²) in [6, 6.07) is 68.8. The lowest BCUT2D eigenvalue weighted by molar-refractivity contribution is 0.673. The van der Waals surface area contributed by atoms with Crippen LogP contribution in [0, 0.1) is 0 Å². The number of hydrogen-bond acceptors (Lipinski definition) is 3. The fraction of sp³-hybridized carbons (Fsp3) is 0. The van der Waals surface area contributed by atoms with Crippen LogP contribution in [0.4, 0.5) is 0 Å². The molecule has 0 aliphatic heterocycles. The second kappa shape index (κ2) is 12.2. The molecule has 0 atom stereocenters. The molecule has 0 saturated carbocycles. The number of fused-ring (bicyclic) bond motifs is 13. The van der Waals surface area contributed by atoms with Crippen molar-refractivity contribution in [3.05, 3.63) is 194 Å². The van der Waals surface area contributed by atoms with Crippen molar-refractivity contribution >= 4 is 87.2 Å². The van der Waals surface area contributed by atoms with E-state index in [1.165, 1.54) is 21.8 Å². The van der Waals surface area contributed by atoms with Gasteiger partial charge in [0.05, 0.1) is 38.7 Å². The summed E-state index contributed by atoms with van der Waals surface area (Å²) in [7, 11) is 0. The molecule has 0 saturated heterocycles. The number of hydrogen-bond donors (Lipinski definition) is 0. The first kappa shape index (κ1) is 32.1. The van der Waals surface area contributed by atoms with Crippen molar-refractivity contribution in [1.82, 2.24) is 19.1 Å². The Morgan fingerprint density at radius 2 is 1.05 bits per heavy atom. The van der Waals surface area contributed by atoms with E-state index in [0.29, 0.717) is 5.95 Å². The lowest BCUT2D eigenvalue weighted by Gasteiger charge is -2.14. The molecule has 4 aromatic heterocycles. The zero-order chi connectivity index (χ0) is 38.6. The van der Waals surface area contributed by atoms with Gasteiger partial charge >= 0.3 is 0 Å². The van der Waals surface area contributed by atoms with Crippen molar-refractivity contribution in [2.45, 2.75) is 0 Å². The van der Waals surface area contributed by atoms with E-state index in [1.807, 2.05) is 12.1 Å². The van der Waals surface area contributed by atoms with E-state index >= 15 is 0 Å². The van der Waals surface area contributed by atoms with Crippen LogP contribution in [0.2, 0.25) is 0 Å². The van der Waals surface area contributed by atoms with E-state index in [4.69, 9.17) is 14.4 Å². The smallest absolute Gasteiger partial charge is 0.235 e. The lowest BCUT2D eigenvalue weighted by atomic mass is 9.96. The maximum Gasteiger partial charge on any atom is 0.235 e. The second-order valence-electron chi connectivity index (χ2n) is 15.3. The van der Waals surface area contributed by atoms with Gasteiger partial charge in [0.2, 0.25) is 5.95 Å². The molecule has 9 aromatic carbocycles. The molecule has 0 bridgehead atoms. The van der Waals surface area contributed by atoms with Crippen LogP contribution < -0.4 is 0 Å². The highest BCUT2D eigenvalue weighted by atomic mass is 16.3. The number of rotatable bonds is 4. The van der Waals surface area contributed by atoms with Crippen molar-refractivity contribution in [2.24, 2.45) is 0 Å². The van der Waals surface area contributed by atoms with Crippen LogP contribution in [0.25, 0.3) is 121 Å². The molecule has 0 fully saturated rings. The van der Waals surface area contributed by atoms with Crippen LogP contribution in [0.5, 0.6) is 0 Å². The molecule has 0 N–H and O–H groups in total. The molecule has 274 valence electrons. The van der Waals surface area contributed by atoms with Crippen molar-refractivity contribution in [3.8, 4) is 34.0 Å². The number of para-hydroxylation sites is 4. The zero-order valence-corrected chi connectivity index (χ0v) is 31.7. The van der Waals surface area contributed by atoms with Crippen LogP contribution in [-0.4, -0.2) is 19.1 Å². The van der Waals surface area contributed by atoms with Crippen LogP contribution in [0.15, 0.2) is 199 Å². The van der Waals surface area contributed by atoms with Gasteiger partial charge in [0, 0.05) is 49.1 Å². The van der Waals surface area contributed by atoms with Gasteiger partial charge in [-0.1, -0.05) is 146 Å².